The average molecular weight is 454 g/mol. The molecule has 3 aromatic rings. The molecule has 2 aliphatic rings. The van der Waals surface area contributed by atoms with Gasteiger partial charge in [-0.2, -0.15) is 0 Å². The van der Waals surface area contributed by atoms with E-state index in [9.17, 15) is 14.7 Å². The number of aryl methyl sites for hydroxylation is 3. The summed E-state index contributed by atoms with van der Waals surface area (Å²) in [4.78, 5) is 28.2. The lowest BCUT2D eigenvalue weighted by atomic mass is 9.88. The van der Waals surface area contributed by atoms with Gasteiger partial charge in [0.05, 0.1) is 18.7 Å². The van der Waals surface area contributed by atoms with E-state index < -0.39 is 17.7 Å². The number of ketones is 1. The van der Waals surface area contributed by atoms with Crippen molar-refractivity contribution in [2.24, 2.45) is 0 Å². The van der Waals surface area contributed by atoms with Crippen molar-refractivity contribution in [1.82, 2.24) is 0 Å². The Kier molecular flexibility index (Phi) is 5.70. The molecule has 5 heteroatoms. The van der Waals surface area contributed by atoms with Crippen LogP contribution >= 0.6 is 0 Å². The molecule has 0 bridgehead atoms. The van der Waals surface area contributed by atoms with Crippen LogP contribution in [-0.4, -0.2) is 23.9 Å². The number of methoxy groups -OCH3 is 1. The summed E-state index contributed by atoms with van der Waals surface area (Å²) in [5.41, 5.74) is 5.41. The molecule has 5 nitrogen and oxygen atoms in total. The van der Waals surface area contributed by atoms with Crippen LogP contribution in [0.25, 0.3) is 5.76 Å². The molecule has 1 N–H and O–H groups in total. The first kappa shape index (κ1) is 22.0. The van der Waals surface area contributed by atoms with Crippen molar-refractivity contribution in [1.29, 1.82) is 0 Å². The standard InChI is InChI=1S/C29H27NO4/c1-18-7-3-6-10-24(18)30-26(20-13-15-23(34-2)16-14-20)25(28(32)29(30)33)27(31)22-12-11-19-8-4-5-9-21(19)17-22/h3,6-7,10-17,26,31H,4-5,8-9H2,1-2H3/b27-25-. The number of aliphatic hydroxyl groups is 1. The van der Waals surface area contributed by atoms with E-state index in [4.69, 9.17) is 4.74 Å². The minimum absolute atomic E-state index is 0.106. The summed E-state index contributed by atoms with van der Waals surface area (Å²) in [7, 11) is 1.59. The Balaban J connectivity index is 1.70. The monoisotopic (exact) mass is 453 g/mol. The summed E-state index contributed by atoms with van der Waals surface area (Å²) in [6.07, 6.45) is 4.26. The number of carbonyl (C=O) groups excluding carboxylic acids is 2. The van der Waals surface area contributed by atoms with Crippen molar-refractivity contribution in [2.75, 3.05) is 12.0 Å². The van der Waals surface area contributed by atoms with Gasteiger partial charge in [0.15, 0.2) is 0 Å². The number of anilines is 1. The van der Waals surface area contributed by atoms with Gasteiger partial charge in [0.25, 0.3) is 11.7 Å². The molecule has 1 unspecified atom stereocenters. The van der Waals surface area contributed by atoms with E-state index in [1.165, 1.54) is 16.0 Å². The number of ether oxygens (including phenoxy) is 1. The topological polar surface area (TPSA) is 66.8 Å². The Hall–Kier alpha value is -3.86. The molecule has 0 saturated carbocycles. The fraction of sp³-hybridized carbons (Fsp3) is 0.241. The van der Waals surface area contributed by atoms with Gasteiger partial charge in [-0.25, -0.2) is 0 Å². The highest BCUT2D eigenvalue weighted by Crippen LogP contribution is 2.43. The number of rotatable bonds is 4. The van der Waals surface area contributed by atoms with Gasteiger partial charge in [0.2, 0.25) is 0 Å². The molecule has 1 saturated heterocycles. The molecule has 3 aromatic carbocycles. The van der Waals surface area contributed by atoms with Gasteiger partial charge in [-0.1, -0.05) is 42.5 Å². The third-order valence-corrected chi connectivity index (χ3v) is 6.87. The molecule has 1 atom stereocenters. The highest BCUT2D eigenvalue weighted by Gasteiger charge is 2.47. The summed E-state index contributed by atoms with van der Waals surface area (Å²) in [5, 5.41) is 11.4. The Morgan fingerprint density at radius 1 is 0.941 bits per heavy atom. The zero-order valence-corrected chi connectivity index (χ0v) is 19.4. The molecular weight excluding hydrogens is 426 g/mol. The second-order valence-electron chi connectivity index (χ2n) is 8.92. The predicted molar refractivity (Wildman–Crippen MR) is 132 cm³/mol. The molecule has 1 fully saturated rings. The van der Waals surface area contributed by atoms with Crippen LogP contribution in [0.1, 0.15) is 46.7 Å². The summed E-state index contributed by atoms with van der Waals surface area (Å²) in [6, 6.07) is 19.8. The number of nitrogens with zero attached hydrogens (tertiary/aromatic N) is 1. The Labute approximate surface area is 199 Å². The van der Waals surface area contributed by atoms with E-state index in [0.717, 1.165) is 36.8 Å². The zero-order valence-electron chi connectivity index (χ0n) is 19.4. The molecule has 1 heterocycles. The van der Waals surface area contributed by atoms with Gasteiger partial charge in [0.1, 0.15) is 11.5 Å². The highest BCUT2D eigenvalue weighted by atomic mass is 16.5. The van der Waals surface area contributed by atoms with Crippen LogP contribution in [0, 0.1) is 6.92 Å². The molecule has 1 aliphatic heterocycles. The Morgan fingerprint density at radius 3 is 2.35 bits per heavy atom. The molecule has 0 radical (unpaired) electrons. The van der Waals surface area contributed by atoms with Crippen LogP contribution in [0.5, 0.6) is 5.75 Å². The lowest BCUT2D eigenvalue weighted by Gasteiger charge is -2.27. The molecule has 0 spiro atoms. The predicted octanol–water partition coefficient (Wildman–Crippen LogP) is 5.51. The Morgan fingerprint density at radius 2 is 1.65 bits per heavy atom. The third kappa shape index (κ3) is 3.67. The van der Waals surface area contributed by atoms with Gasteiger partial charge in [-0.05, 0) is 79.1 Å². The lowest BCUT2D eigenvalue weighted by Crippen LogP contribution is -2.30. The molecular formula is C29H27NO4. The van der Waals surface area contributed by atoms with Gasteiger partial charge >= 0.3 is 0 Å². The molecule has 172 valence electrons. The molecule has 1 amide bonds. The number of hydrogen-bond acceptors (Lipinski definition) is 4. The number of carbonyl (C=O) groups is 2. The van der Waals surface area contributed by atoms with E-state index in [-0.39, 0.29) is 11.3 Å². The van der Waals surface area contributed by atoms with Crippen LogP contribution in [0.4, 0.5) is 5.69 Å². The summed E-state index contributed by atoms with van der Waals surface area (Å²) >= 11 is 0. The van der Waals surface area contributed by atoms with Crippen molar-refractivity contribution in [3.8, 4) is 5.75 Å². The SMILES string of the molecule is COc1ccc(C2/C(=C(/O)c3ccc4c(c3)CCCC4)C(=O)C(=O)N2c2ccccc2C)cc1. The first-order valence-electron chi connectivity index (χ1n) is 11.6. The Bertz CT molecular complexity index is 1310. The van der Waals surface area contributed by atoms with Crippen LogP contribution in [0.2, 0.25) is 0 Å². The van der Waals surface area contributed by atoms with Gasteiger partial charge in [-0.15, -0.1) is 0 Å². The third-order valence-electron chi connectivity index (χ3n) is 6.87. The minimum atomic E-state index is -0.747. The number of fused-ring (bicyclic) bond motifs is 1. The van der Waals surface area contributed by atoms with Gasteiger partial charge in [-0.3, -0.25) is 14.5 Å². The van der Waals surface area contributed by atoms with E-state index >= 15 is 0 Å². The normalized spacial score (nSPS) is 19.2. The quantitative estimate of drug-likeness (QED) is 0.321. The second-order valence-corrected chi connectivity index (χ2v) is 8.92. The van der Waals surface area contributed by atoms with Crippen LogP contribution in [0.15, 0.2) is 72.3 Å². The van der Waals surface area contributed by atoms with Gasteiger partial charge < -0.3 is 9.84 Å². The summed E-state index contributed by atoms with van der Waals surface area (Å²) < 4.78 is 5.29. The minimum Gasteiger partial charge on any atom is -0.507 e. The largest absolute Gasteiger partial charge is 0.507 e. The number of para-hydroxylation sites is 1. The second kappa shape index (κ2) is 8.82. The number of Topliss-reactive ketones (excluding diaryl/α,β-unsaturated/α-hetero) is 1. The van der Waals surface area contributed by atoms with Crippen molar-refractivity contribution in [3.63, 3.8) is 0 Å². The van der Waals surface area contributed by atoms with Crippen molar-refractivity contribution in [2.45, 2.75) is 38.6 Å². The van der Waals surface area contributed by atoms with E-state index in [1.807, 2.05) is 61.5 Å². The van der Waals surface area contributed by atoms with E-state index in [1.54, 1.807) is 19.2 Å². The zero-order chi connectivity index (χ0) is 23.8. The van der Waals surface area contributed by atoms with Crippen LogP contribution in [-0.2, 0) is 22.4 Å². The maximum Gasteiger partial charge on any atom is 0.300 e. The number of aliphatic hydroxyl groups excluding tert-OH is 1. The van der Waals surface area contributed by atoms with E-state index in [2.05, 4.69) is 0 Å². The highest BCUT2D eigenvalue weighted by molar-refractivity contribution is 6.51. The summed E-state index contributed by atoms with van der Waals surface area (Å²) in [6.45, 7) is 1.91. The maximum absolute atomic E-state index is 13.4. The fourth-order valence-electron chi connectivity index (χ4n) is 5.05. The van der Waals surface area contributed by atoms with Crippen LogP contribution in [0.3, 0.4) is 0 Å². The smallest absolute Gasteiger partial charge is 0.300 e. The van der Waals surface area contributed by atoms with Crippen molar-refractivity contribution in [3.05, 3.63) is 100 Å². The maximum atomic E-state index is 13.4. The number of benzene rings is 3. The average Bonchev–Trinajstić information content (AvgIpc) is 3.13. The first-order valence-corrected chi connectivity index (χ1v) is 11.6. The van der Waals surface area contributed by atoms with E-state index in [0.29, 0.717) is 17.0 Å². The molecule has 34 heavy (non-hydrogen) atoms. The van der Waals surface area contributed by atoms with Crippen molar-refractivity contribution < 1.29 is 19.4 Å². The summed E-state index contributed by atoms with van der Waals surface area (Å²) in [5.74, 6) is -0.788. The molecule has 5 rings (SSSR count). The molecule has 0 aromatic heterocycles. The van der Waals surface area contributed by atoms with Crippen LogP contribution < -0.4 is 9.64 Å². The number of amides is 1. The van der Waals surface area contributed by atoms with Gasteiger partial charge in [0, 0.05) is 11.3 Å². The fourth-order valence-corrected chi connectivity index (χ4v) is 5.05. The number of hydrogen-bond donors (Lipinski definition) is 1. The first-order chi connectivity index (χ1) is 16.5. The molecule has 1 aliphatic carbocycles. The lowest BCUT2D eigenvalue weighted by molar-refractivity contribution is -0.132. The van der Waals surface area contributed by atoms with Crippen molar-refractivity contribution >= 4 is 23.1 Å².